The van der Waals surface area contributed by atoms with Crippen LogP contribution in [0.15, 0.2) is 12.3 Å². The van der Waals surface area contributed by atoms with Crippen LogP contribution in [0.25, 0.3) is 0 Å². The summed E-state index contributed by atoms with van der Waals surface area (Å²) in [6.45, 7) is 2.78. The molecular weight excluding hydrogens is 313 g/mol. The fraction of sp³-hybridized carbons (Fsp3) is 0.750. The summed E-state index contributed by atoms with van der Waals surface area (Å²) in [7, 11) is 1.88. The van der Waals surface area contributed by atoms with Crippen LogP contribution in [0.2, 0.25) is 0 Å². The highest BCUT2D eigenvalue weighted by Gasteiger charge is 2.32. The summed E-state index contributed by atoms with van der Waals surface area (Å²) in [6.07, 6.45) is 3.51. The van der Waals surface area contributed by atoms with E-state index in [0.717, 1.165) is 25.1 Å². The van der Waals surface area contributed by atoms with Gasteiger partial charge in [-0.1, -0.05) is 0 Å². The van der Waals surface area contributed by atoms with E-state index < -0.39 is 6.17 Å². The van der Waals surface area contributed by atoms with Crippen LogP contribution in [-0.4, -0.2) is 65.3 Å². The Kier molecular flexibility index (Phi) is 5.68. The Morgan fingerprint density at radius 3 is 3.00 bits per heavy atom. The maximum atomic E-state index is 13.8. The number of amides is 2. The van der Waals surface area contributed by atoms with Crippen LogP contribution in [0.1, 0.15) is 25.0 Å². The van der Waals surface area contributed by atoms with E-state index in [4.69, 9.17) is 4.74 Å². The van der Waals surface area contributed by atoms with E-state index in [2.05, 4.69) is 20.6 Å². The summed E-state index contributed by atoms with van der Waals surface area (Å²) in [5.74, 6) is 0. The Morgan fingerprint density at radius 2 is 2.29 bits per heavy atom. The van der Waals surface area contributed by atoms with E-state index in [1.807, 2.05) is 13.1 Å². The second-order valence-corrected chi connectivity index (χ2v) is 6.59. The largest absolute Gasteiger partial charge is 0.376 e. The molecule has 3 rings (SSSR count). The van der Waals surface area contributed by atoms with Crippen LogP contribution in [0.3, 0.4) is 0 Å². The van der Waals surface area contributed by atoms with Gasteiger partial charge in [0.25, 0.3) is 0 Å². The average Bonchev–Trinajstić information content (AvgIpc) is 3.27. The summed E-state index contributed by atoms with van der Waals surface area (Å²) >= 11 is 0. The van der Waals surface area contributed by atoms with Crippen LogP contribution in [0.4, 0.5) is 9.18 Å². The first kappa shape index (κ1) is 17.2. The summed E-state index contributed by atoms with van der Waals surface area (Å²) in [6, 6.07) is 1.72. The van der Waals surface area contributed by atoms with E-state index in [-0.39, 0.29) is 18.2 Å². The first-order chi connectivity index (χ1) is 11.6. The molecule has 2 amide bonds. The summed E-state index contributed by atoms with van der Waals surface area (Å²) in [5, 5.41) is 9.83. The first-order valence-corrected chi connectivity index (χ1v) is 8.60. The lowest BCUT2D eigenvalue weighted by Crippen LogP contribution is -2.45. The van der Waals surface area contributed by atoms with Crippen LogP contribution in [-0.2, 0) is 18.3 Å². The van der Waals surface area contributed by atoms with Gasteiger partial charge in [0.2, 0.25) is 0 Å². The number of aryl methyl sites for hydroxylation is 1. The van der Waals surface area contributed by atoms with Crippen molar-refractivity contribution in [1.82, 2.24) is 25.3 Å². The quantitative estimate of drug-likeness (QED) is 0.805. The number of nitrogens with zero attached hydrogens (tertiary/aromatic N) is 3. The molecular formula is C16H26FN5O2. The molecule has 2 aliphatic rings. The molecule has 0 saturated carbocycles. The van der Waals surface area contributed by atoms with Crippen molar-refractivity contribution in [2.24, 2.45) is 7.05 Å². The minimum absolute atomic E-state index is 0.00313. The van der Waals surface area contributed by atoms with Gasteiger partial charge in [0, 0.05) is 52.1 Å². The first-order valence-electron chi connectivity index (χ1n) is 8.60. The number of ether oxygens (including phenoxy) is 1. The monoisotopic (exact) mass is 339 g/mol. The summed E-state index contributed by atoms with van der Waals surface area (Å²) in [5.41, 5.74) is 1.04. The molecule has 3 atom stereocenters. The number of hydrogen-bond acceptors (Lipinski definition) is 4. The summed E-state index contributed by atoms with van der Waals surface area (Å²) < 4.78 is 21.1. The predicted octanol–water partition coefficient (Wildman–Crippen LogP) is 0.811. The second-order valence-electron chi connectivity index (χ2n) is 6.59. The van der Waals surface area contributed by atoms with Gasteiger partial charge in [-0.25, -0.2) is 9.18 Å². The van der Waals surface area contributed by atoms with Crippen molar-refractivity contribution < 1.29 is 13.9 Å². The molecule has 8 heteroatoms. The molecule has 24 heavy (non-hydrogen) atoms. The third-order valence-electron chi connectivity index (χ3n) is 4.78. The molecule has 0 radical (unpaired) electrons. The number of carbonyl (C=O) groups is 1. The van der Waals surface area contributed by atoms with Crippen molar-refractivity contribution in [3.8, 4) is 0 Å². The van der Waals surface area contributed by atoms with Crippen LogP contribution in [0.5, 0.6) is 0 Å². The number of nitrogens with one attached hydrogen (secondary N) is 2. The van der Waals surface area contributed by atoms with Gasteiger partial charge in [-0.2, -0.15) is 5.10 Å². The number of likely N-dealkylation sites (tertiary alicyclic amines) is 1. The van der Waals surface area contributed by atoms with Gasteiger partial charge < -0.3 is 15.4 Å². The molecule has 0 aliphatic carbocycles. The van der Waals surface area contributed by atoms with Gasteiger partial charge in [-0.05, 0) is 25.3 Å². The van der Waals surface area contributed by atoms with Crippen molar-refractivity contribution >= 4 is 6.03 Å². The lowest BCUT2D eigenvalue weighted by atomic mass is 10.2. The second kappa shape index (κ2) is 7.94. The van der Waals surface area contributed by atoms with Gasteiger partial charge in [0.1, 0.15) is 6.17 Å². The Bertz CT molecular complexity index is 546. The third kappa shape index (κ3) is 4.45. The van der Waals surface area contributed by atoms with Crippen molar-refractivity contribution in [3.05, 3.63) is 18.0 Å². The van der Waals surface area contributed by atoms with E-state index in [9.17, 15) is 9.18 Å². The lowest BCUT2D eigenvalue weighted by Gasteiger charge is -2.24. The minimum atomic E-state index is -0.847. The van der Waals surface area contributed by atoms with Crippen molar-refractivity contribution in [1.29, 1.82) is 0 Å². The number of urea groups is 1. The Morgan fingerprint density at radius 1 is 1.46 bits per heavy atom. The predicted molar refractivity (Wildman–Crippen MR) is 87.3 cm³/mol. The molecule has 1 aromatic heterocycles. The third-order valence-corrected chi connectivity index (χ3v) is 4.78. The van der Waals surface area contributed by atoms with E-state index >= 15 is 0 Å². The molecule has 0 spiro atoms. The fourth-order valence-corrected chi connectivity index (χ4v) is 3.38. The normalized spacial score (nSPS) is 27.5. The van der Waals surface area contributed by atoms with Gasteiger partial charge in [0.15, 0.2) is 0 Å². The zero-order valence-electron chi connectivity index (χ0n) is 14.1. The number of carbonyl (C=O) groups excluding carboxylic acids is 1. The highest BCUT2D eigenvalue weighted by Crippen LogP contribution is 2.22. The molecule has 2 saturated heterocycles. The zero-order chi connectivity index (χ0) is 16.9. The number of halogens is 1. The van der Waals surface area contributed by atoms with E-state index in [1.165, 1.54) is 0 Å². The SMILES string of the molecule is Cn1nccc1CN1C[C@@H](F)C[C@H]1CNC(=O)NC[C@@H]1CCCO1. The molecule has 1 aromatic rings. The lowest BCUT2D eigenvalue weighted by molar-refractivity contribution is 0.111. The zero-order valence-corrected chi connectivity index (χ0v) is 14.1. The van der Waals surface area contributed by atoms with Crippen molar-refractivity contribution in [2.75, 3.05) is 26.2 Å². The molecule has 7 nitrogen and oxygen atoms in total. The van der Waals surface area contributed by atoms with Crippen molar-refractivity contribution in [3.63, 3.8) is 0 Å². The molecule has 2 N–H and O–H groups in total. The number of hydrogen-bond donors (Lipinski definition) is 2. The maximum Gasteiger partial charge on any atom is 0.314 e. The molecule has 0 unspecified atom stereocenters. The van der Waals surface area contributed by atoms with Gasteiger partial charge in [0.05, 0.1) is 11.8 Å². The smallest absolute Gasteiger partial charge is 0.314 e. The van der Waals surface area contributed by atoms with Gasteiger partial charge in [-0.3, -0.25) is 9.58 Å². The van der Waals surface area contributed by atoms with Crippen molar-refractivity contribution in [2.45, 2.75) is 44.1 Å². The van der Waals surface area contributed by atoms with E-state index in [0.29, 0.717) is 32.6 Å². The number of rotatable bonds is 6. The van der Waals surface area contributed by atoms with Gasteiger partial charge >= 0.3 is 6.03 Å². The Labute approximate surface area is 141 Å². The standard InChI is InChI=1S/C16H26FN5O2/c1-21-13(4-5-20-21)11-22-10-12(17)7-14(22)8-18-16(23)19-9-15-3-2-6-24-15/h4-5,12,14-15H,2-3,6-11H2,1H3,(H2,18,19,23)/t12-,14-,15-/m0/s1. The maximum absolute atomic E-state index is 13.8. The minimum Gasteiger partial charge on any atom is -0.376 e. The molecule has 3 heterocycles. The molecule has 0 bridgehead atoms. The highest BCUT2D eigenvalue weighted by atomic mass is 19.1. The Hall–Kier alpha value is -1.67. The van der Waals surface area contributed by atoms with Gasteiger partial charge in [-0.15, -0.1) is 0 Å². The van der Waals surface area contributed by atoms with Crippen LogP contribution in [0, 0.1) is 0 Å². The fourth-order valence-electron chi connectivity index (χ4n) is 3.38. The number of alkyl halides is 1. The molecule has 134 valence electrons. The average molecular weight is 339 g/mol. The molecule has 0 aromatic carbocycles. The highest BCUT2D eigenvalue weighted by molar-refractivity contribution is 5.73. The number of aromatic nitrogens is 2. The Balaban J connectivity index is 1.44. The molecule has 2 aliphatic heterocycles. The topological polar surface area (TPSA) is 71.4 Å². The van der Waals surface area contributed by atoms with Crippen LogP contribution >= 0.6 is 0 Å². The van der Waals surface area contributed by atoms with Crippen LogP contribution < -0.4 is 10.6 Å². The van der Waals surface area contributed by atoms with E-state index in [1.54, 1.807) is 10.9 Å². The summed E-state index contributed by atoms with van der Waals surface area (Å²) in [4.78, 5) is 14.0. The molecule has 2 fully saturated rings.